The molecule has 7 heteroatoms. The summed E-state index contributed by atoms with van der Waals surface area (Å²) in [5.41, 5.74) is 1.27. The van der Waals surface area contributed by atoms with Gasteiger partial charge in [-0.05, 0) is 24.8 Å². The number of quaternary nitrogens is 1. The largest absolute Gasteiger partial charge is 0.550 e. The molecule has 1 atom stereocenters. The van der Waals surface area contributed by atoms with E-state index in [1.165, 1.54) is 0 Å². The second-order valence-electron chi connectivity index (χ2n) is 7.50. The van der Waals surface area contributed by atoms with Gasteiger partial charge in [0, 0.05) is 18.8 Å². The van der Waals surface area contributed by atoms with Crippen molar-refractivity contribution in [2.75, 3.05) is 27.7 Å². The van der Waals surface area contributed by atoms with Crippen LogP contribution in [0.15, 0.2) is 24.3 Å². The Labute approximate surface area is 155 Å². The van der Waals surface area contributed by atoms with Gasteiger partial charge in [0.2, 0.25) is 0 Å². The Kier molecular flexibility index (Phi) is 10.5. The highest BCUT2D eigenvalue weighted by atomic mass is 16.5. The molecular weight excluding hydrogens is 338 g/mol. The average Bonchev–Trinajstić information content (AvgIpc) is 2.43. The topological polar surface area (TPSA) is 104 Å². The number of allylic oxidation sites excluding steroid dienone is 1. The summed E-state index contributed by atoms with van der Waals surface area (Å²) < 4.78 is 5.74. The van der Waals surface area contributed by atoms with Gasteiger partial charge in [0.15, 0.2) is 6.10 Å². The maximum absolute atomic E-state index is 12.1. The van der Waals surface area contributed by atoms with Crippen molar-refractivity contribution in [3.8, 4) is 0 Å². The van der Waals surface area contributed by atoms with Gasteiger partial charge < -0.3 is 24.2 Å². The summed E-state index contributed by atoms with van der Waals surface area (Å²) in [7, 11) is 5.63. The SMILES string of the molecule is C=C(CCCCCC(=O)O)C(=C)CC(=O)OC(CC(=O)[O-])C[N+](C)(C)C. The minimum Gasteiger partial charge on any atom is -0.550 e. The molecule has 0 bridgehead atoms. The molecule has 26 heavy (non-hydrogen) atoms. The van der Waals surface area contributed by atoms with Crippen molar-refractivity contribution in [1.29, 1.82) is 0 Å². The highest BCUT2D eigenvalue weighted by Gasteiger charge is 2.23. The first-order chi connectivity index (χ1) is 11.9. The van der Waals surface area contributed by atoms with Gasteiger partial charge in [0.1, 0.15) is 6.54 Å². The fourth-order valence-electron chi connectivity index (χ4n) is 2.44. The van der Waals surface area contributed by atoms with Crippen LogP contribution >= 0.6 is 0 Å². The van der Waals surface area contributed by atoms with Crippen molar-refractivity contribution in [2.24, 2.45) is 0 Å². The third-order valence-electron chi connectivity index (χ3n) is 3.67. The zero-order valence-electron chi connectivity index (χ0n) is 16.1. The lowest BCUT2D eigenvalue weighted by Gasteiger charge is -2.29. The average molecular weight is 369 g/mol. The molecular formula is C19H31NO6. The van der Waals surface area contributed by atoms with Gasteiger partial charge in [-0.2, -0.15) is 0 Å². The summed E-state index contributed by atoms with van der Waals surface area (Å²) in [6.07, 6.45) is 1.76. The van der Waals surface area contributed by atoms with Crippen LogP contribution < -0.4 is 5.11 Å². The van der Waals surface area contributed by atoms with Crippen LogP contribution in [0.5, 0.6) is 0 Å². The molecule has 0 heterocycles. The molecule has 0 aliphatic rings. The van der Waals surface area contributed by atoms with Crippen LogP contribution in [-0.2, 0) is 19.1 Å². The van der Waals surface area contributed by atoms with Crippen LogP contribution in [0.25, 0.3) is 0 Å². The second kappa shape index (κ2) is 11.5. The van der Waals surface area contributed by atoms with E-state index in [0.29, 0.717) is 29.4 Å². The van der Waals surface area contributed by atoms with Crippen molar-refractivity contribution in [3.63, 3.8) is 0 Å². The Balaban J connectivity index is 4.35. The van der Waals surface area contributed by atoms with Gasteiger partial charge in [-0.3, -0.25) is 9.59 Å². The molecule has 0 aromatic heterocycles. The number of aliphatic carboxylic acids is 2. The Morgan fingerprint density at radius 3 is 2.12 bits per heavy atom. The first-order valence-corrected chi connectivity index (χ1v) is 8.68. The summed E-state index contributed by atoms with van der Waals surface area (Å²) in [6, 6.07) is 0. The van der Waals surface area contributed by atoms with Crippen LogP contribution in [0, 0.1) is 0 Å². The maximum Gasteiger partial charge on any atom is 0.310 e. The highest BCUT2D eigenvalue weighted by molar-refractivity contribution is 5.74. The van der Waals surface area contributed by atoms with E-state index < -0.39 is 24.0 Å². The fourth-order valence-corrected chi connectivity index (χ4v) is 2.44. The minimum absolute atomic E-state index is 0.0470. The van der Waals surface area contributed by atoms with E-state index in [1.54, 1.807) is 0 Å². The molecule has 0 aromatic rings. The highest BCUT2D eigenvalue weighted by Crippen LogP contribution is 2.19. The van der Waals surface area contributed by atoms with Crippen molar-refractivity contribution in [2.45, 2.75) is 51.0 Å². The number of esters is 1. The van der Waals surface area contributed by atoms with Crippen LogP contribution in [0.1, 0.15) is 44.9 Å². The van der Waals surface area contributed by atoms with Gasteiger partial charge in [-0.1, -0.05) is 25.2 Å². The fraction of sp³-hybridized carbons (Fsp3) is 0.632. The molecule has 0 radical (unpaired) electrons. The number of likely N-dealkylation sites (N-methyl/N-ethyl adjacent to an activating group) is 1. The standard InChI is InChI=1S/C19H31NO6/c1-14(9-7-6-8-10-17(21)22)15(2)11-19(25)26-16(12-18(23)24)13-20(3,4)5/h16H,1-2,6-13H2,3-5H3,(H-,21,22,23,24). The molecule has 0 fully saturated rings. The van der Waals surface area contributed by atoms with E-state index in [4.69, 9.17) is 9.84 Å². The lowest BCUT2D eigenvalue weighted by molar-refractivity contribution is -0.873. The molecule has 0 rings (SSSR count). The summed E-state index contributed by atoms with van der Waals surface area (Å²) in [4.78, 5) is 33.4. The molecule has 1 unspecified atom stereocenters. The number of nitrogens with zero attached hydrogens (tertiary/aromatic N) is 1. The lowest BCUT2D eigenvalue weighted by Crippen LogP contribution is -2.45. The first kappa shape index (κ1) is 23.9. The Bertz CT molecular complexity index is 533. The number of carboxylic acid groups (broad SMARTS) is 2. The van der Waals surface area contributed by atoms with E-state index in [0.717, 1.165) is 18.4 Å². The third kappa shape index (κ3) is 13.2. The van der Waals surface area contributed by atoms with E-state index in [-0.39, 0.29) is 19.3 Å². The molecule has 0 saturated heterocycles. The quantitative estimate of drug-likeness (QED) is 0.214. The van der Waals surface area contributed by atoms with E-state index >= 15 is 0 Å². The number of carbonyl (C=O) groups is 3. The molecule has 0 amide bonds. The van der Waals surface area contributed by atoms with E-state index in [1.807, 2.05) is 21.1 Å². The molecule has 7 nitrogen and oxygen atoms in total. The predicted molar refractivity (Wildman–Crippen MR) is 96.0 cm³/mol. The van der Waals surface area contributed by atoms with Crippen molar-refractivity contribution in [1.82, 2.24) is 0 Å². The number of hydrogen-bond donors (Lipinski definition) is 1. The van der Waals surface area contributed by atoms with E-state index in [9.17, 15) is 19.5 Å². The summed E-state index contributed by atoms with van der Waals surface area (Å²) in [6.45, 7) is 8.09. The number of hydrogen-bond acceptors (Lipinski definition) is 5. The smallest absolute Gasteiger partial charge is 0.310 e. The van der Waals surface area contributed by atoms with Gasteiger partial charge in [-0.25, -0.2) is 0 Å². The summed E-state index contributed by atoms with van der Waals surface area (Å²) >= 11 is 0. The number of rotatable bonds is 14. The number of ether oxygens (including phenoxy) is 1. The Morgan fingerprint density at radius 2 is 1.62 bits per heavy atom. The zero-order valence-corrected chi connectivity index (χ0v) is 16.1. The van der Waals surface area contributed by atoms with Gasteiger partial charge in [-0.15, -0.1) is 0 Å². The zero-order chi connectivity index (χ0) is 20.3. The first-order valence-electron chi connectivity index (χ1n) is 8.68. The van der Waals surface area contributed by atoms with E-state index in [2.05, 4.69) is 13.2 Å². The Hall–Kier alpha value is -2.15. The van der Waals surface area contributed by atoms with Crippen LogP contribution in [0.3, 0.4) is 0 Å². The monoisotopic (exact) mass is 369 g/mol. The second-order valence-corrected chi connectivity index (χ2v) is 7.50. The van der Waals surface area contributed by atoms with Crippen LogP contribution in [0.4, 0.5) is 0 Å². The predicted octanol–water partition coefficient (Wildman–Crippen LogP) is 1.28. The van der Waals surface area contributed by atoms with Gasteiger partial charge in [0.25, 0.3) is 0 Å². The molecule has 1 N–H and O–H groups in total. The van der Waals surface area contributed by atoms with Crippen molar-refractivity contribution in [3.05, 3.63) is 24.3 Å². The molecule has 0 spiro atoms. The van der Waals surface area contributed by atoms with Gasteiger partial charge >= 0.3 is 11.9 Å². The van der Waals surface area contributed by atoms with Crippen LogP contribution in [-0.4, -0.2) is 61.3 Å². The normalized spacial score (nSPS) is 12.3. The van der Waals surface area contributed by atoms with Crippen molar-refractivity contribution >= 4 is 17.9 Å². The van der Waals surface area contributed by atoms with Crippen molar-refractivity contribution < 1.29 is 33.8 Å². The van der Waals surface area contributed by atoms with Gasteiger partial charge in [0.05, 0.1) is 27.6 Å². The maximum atomic E-state index is 12.1. The number of carboxylic acids is 2. The lowest BCUT2D eigenvalue weighted by atomic mass is 10.00. The van der Waals surface area contributed by atoms with Crippen LogP contribution in [0.2, 0.25) is 0 Å². The number of unbranched alkanes of at least 4 members (excludes halogenated alkanes) is 2. The molecule has 0 aliphatic heterocycles. The minimum atomic E-state index is -1.26. The Morgan fingerprint density at radius 1 is 1.04 bits per heavy atom. The molecule has 0 saturated carbocycles. The third-order valence-corrected chi connectivity index (χ3v) is 3.67. The molecule has 148 valence electrons. The molecule has 0 aromatic carbocycles. The molecule has 0 aliphatic carbocycles. The number of carbonyl (C=O) groups excluding carboxylic acids is 2. The summed E-state index contributed by atoms with van der Waals surface area (Å²) in [5, 5.41) is 19.4. The summed E-state index contributed by atoms with van der Waals surface area (Å²) in [5.74, 6) is -2.61.